The molecule has 0 unspecified atom stereocenters. The summed E-state index contributed by atoms with van der Waals surface area (Å²) in [7, 11) is 0. The molecule has 7 aromatic rings. The second kappa shape index (κ2) is 7.83. The van der Waals surface area contributed by atoms with Crippen LogP contribution in [0.15, 0.2) is 120 Å². The third-order valence-electron chi connectivity index (χ3n) is 7.06. The molecule has 2 nitrogen and oxygen atoms in total. The van der Waals surface area contributed by atoms with E-state index in [4.69, 9.17) is 10.2 Å². The fourth-order valence-electron chi connectivity index (χ4n) is 5.21. The summed E-state index contributed by atoms with van der Waals surface area (Å²) in [5.74, 6) is 0. The SMILES string of the molecule is NCc1cc2ccccc2cc1-c1ccc(-c2ccc3c(c2)oc2cc4ccccc4cc23)cc1. The molecule has 0 spiro atoms. The molecule has 0 radical (unpaired) electrons. The highest BCUT2D eigenvalue weighted by Gasteiger charge is 2.11. The third-order valence-corrected chi connectivity index (χ3v) is 7.06. The molecule has 166 valence electrons. The Hall–Kier alpha value is -4.40. The number of furan rings is 1. The van der Waals surface area contributed by atoms with Gasteiger partial charge < -0.3 is 10.2 Å². The first kappa shape index (κ1) is 20.0. The zero-order chi connectivity index (χ0) is 23.4. The summed E-state index contributed by atoms with van der Waals surface area (Å²) in [6.07, 6.45) is 0. The lowest BCUT2D eigenvalue weighted by Crippen LogP contribution is -1.99. The summed E-state index contributed by atoms with van der Waals surface area (Å²) in [5, 5.41) is 7.18. The molecular weight excluding hydrogens is 426 g/mol. The van der Waals surface area contributed by atoms with Gasteiger partial charge in [-0.05, 0) is 85.8 Å². The highest BCUT2D eigenvalue weighted by Crippen LogP contribution is 2.35. The molecule has 2 N–H and O–H groups in total. The van der Waals surface area contributed by atoms with Gasteiger partial charge in [0.15, 0.2) is 0 Å². The van der Waals surface area contributed by atoms with Crippen LogP contribution in [0.4, 0.5) is 0 Å². The van der Waals surface area contributed by atoms with Crippen LogP contribution in [0.25, 0.3) is 65.7 Å². The minimum atomic E-state index is 0.514. The van der Waals surface area contributed by atoms with Crippen LogP contribution in [0.5, 0.6) is 0 Å². The normalized spacial score (nSPS) is 11.7. The smallest absolute Gasteiger partial charge is 0.136 e. The summed E-state index contributed by atoms with van der Waals surface area (Å²) in [4.78, 5) is 0. The Labute approximate surface area is 203 Å². The second-order valence-electron chi connectivity index (χ2n) is 9.15. The molecule has 0 aliphatic carbocycles. The first-order chi connectivity index (χ1) is 17.3. The van der Waals surface area contributed by atoms with E-state index in [1.807, 2.05) is 0 Å². The van der Waals surface area contributed by atoms with Gasteiger partial charge in [-0.3, -0.25) is 0 Å². The van der Waals surface area contributed by atoms with Crippen LogP contribution in [0.2, 0.25) is 0 Å². The largest absolute Gasteiger partial charge is 0.456 e. The van der Waals surface area contributed by atoms with Crippen LogP contribution in [0.3, 0.4) is 0 Å². The van der Waals surface area contributed by atoms with Crippen molar-refractivity contribution in [3.05, 3.63) is 121 Å². The van der Waals surface area contributed by atoms with Crippen molar-refractivity contribution in [2.75, 3.05) is 0 Å². The van der Waals surface area contributed by atoms with Crippen LogP contribution in [0, 0.1) is 0 Å². The Morgan fingerprint density at radius 2 is 1.06 bits per heavy atom. The number of nitrogens with two attached hydrogens (primary N) is 1. The van der Waals surface area contributed by atoms with Crippen LogP contribution >= 0.6 is 0 Å². The van der Waals surface area contributed by atoms with Crippen molar-refractivity contribution in [3.8, 4) is 22.3 Å². The van der Waals surface area contributed by atoms with E-state index in [9.17, 15) is 0 Å². The van der Waals surface area contributed by atoms with Crippen LogP contribution in [-0.4, -0.2) is 0 Å². The minimum absolute atomic E-state index is 0.514. The molecule has 35 heavy (non-hydrogen) atoms. The molecule has 0 fully saturated rings. The van der Waals surface area contributed by atoms with Gasteiger partial charge in [0.05, 0.1) is 0 Å². The molecule has 6 aromatic carbocycles. The van der Waals surface area contributed by atoms with E-state index in [-0.39, 0.29) is 0 Å². The van der Waals surface area contributed by atoms with Crippen molar-refractivity contribution in [2.24, 2.45) is 5.73 Å². The zero-order valence-corrected chi connectivity index (χ0v) is 19.2. The van der Waals surface area contributed by atoms with Gasteiger partial charge in [0.2, 0.25) is 0 Å². The first-order valence-corrected chi connectivity index (χ1v) is 11.9. The molecule has 2 heteroatoms. The average Bonchev–Trinajstić information content (AvgIpc) is 3.27. The summed E-state index contributed by atoms with van der Waals surface area (Å²) in [5.41, 5.74) is 13.8. The van der Waals surface area contributed by atoms with Gasteiger partial charge in [0.1, 0.15) is 11.2 Å². The fourth-order valence-corrected chi connectivity index (χ4v) is 5.21. The lowest BCUT2D eigenvalue weighted by atomic mass is 9.94. The van der Waals surface area contributed by atoms with Crippen molar-refractivity contribution >= 4 is 43.5 Å². The summed E-state index contributed by atoms with van der Waals surface area (Å²) in [6.45, 7) is 0.514. The zero-order valence-electron chi connectivity index (χ0n) is 19.2. The quantitative estimate of drug-likeness (QED) is 0.293. The monoisotopic (exact) mass is 449 g/mol. The van der Waals surface area contributed by atoms with E-state index in [0.717, 1.165) is 38.6 Å². The van der Waals surface area contributed by atoms with Gasteiger partial charge in [-0.25, -0.2) is 0 Å². The molecule has 0 aliphatic rings. The number of rotatable bonds is 3. The maximum absolute atomic E-state index is 6.27. The van der Waals surface area contributed by atoms with E-state index in [1.54, 1.807) is 0 Å². The molecule has 7 rings (SSSR count). The Morgan fingerprint density at radius 1 is 0.486 bits per heavy atom. The van der Waals surface area contributed by atoms with Crippen LogP contribution < -0.4 is 5.73 Å². The molecule has 0 saturated carbocycles. The van der Waals surface area contributed by atoms with Gasteiger partial charge in [-0.2, -0.15) is 0 Å². The van der Waals surface area contributed by atoms with Crippen LogP contribution in [0.1, 0.15) is 5.56 Å². The number of hydrogen-bond donors (Lipinski definition) is 1. The fraction of sp³-hybridized carbons (Fsp3) is 0.0303. The van der Waals surface area contributed by atoms with E-state index in [2.05, 4.69) is 115 Å². The van der Waals surface area contributed by atoms with Crippen molar-refractivity contribution in [1.29, 1.82) is 0 Å². The lowest BCUT2D eigenvalue weighted by molar-refractivity contribution is 0.669. The Balaban J connectivity index is 1.29. The topological polar surface area (TPSA) is 39.2 Å². The molecule has 0 atom stereocenters. The van der Waals surface area contributed by atoms with Crippen molar-refractivity contribution in [1.82, 2.24) is 0 Å². The predicted octanol–water partition coefficient (Wildman–Crippen LogP) is 8.69. The summed E-state index contributed by atoms with van der Waals surface area (Å²) >= 11 is 0. The maximum Gasteiger partial charge on any atom is 0.136 e. The Bertz CT molecular complexity index is 1880. The van der Waals surface area contributed by atoms with Crippen molar-refractivity contribution < 1.29 is 4.42 Å². The molecule has 1 aromatic heterocycles. The Morgan fingerprint density at radius 3 is 1.77 bits per heavy atom. The standard InChI is InChI=1S/C33H23NO/c34-20-28-15-23-5-1-2-6-24(23)16-30(28)22-11-9-21(10-12-22)27-13-14-29-31-17-25-7-3-4-8-26(25)18-33(31)35-32(29)19-27/h1-19H,20,34H2. The predicted molar refractivity (Wildman–Crippen MR) is 147 cm³/mol. The van der Waals surface area contributed by atoms with E-state index in [0.29, 0.717) is 6.54 Å². The number of fused-ring (bicyclic) bond motifs is 5. The highest BCUT2D eigenvalue weighted by atomic mass is 16.3. The number of hydrogen-bond acceptors (Lipinski definition) is 2. The van der Waals surface area contributed by atoms with E-state index < -0.39 is 0 Å². The maximum atomic E-state index is 6.27. The Kier molecular flexibility index (Phi) is 4.48. The first-order valence-electron chi connectivity index (χ1n) is 11.9. The highest BCUT2D eigenvalue weighted by molar-refractivity contribution is 6.10. The average molecular weight is 450 g/mol. The lowest BCUT2D eigenvalue weighted by Gasteiger charge is -2.11. The molecule has 0 saturated heterocycles. The number of benzene rings is 6. The minimum Gasteiger partial charge on any atom is -0.456 e. The van der Waals surface area contributed by atoms with Gasteiger partial charge in [-0.15, -0.1) is 0 Å². The van der Waals surface area contributed by atoms with E-state index >= 15 is 0 Å². The van der Waals surface area contributed by atoms with Crippen LogP contribution in [-0.2, 0) is 6.54 Å². The summed E-state index contributed by atoms with van der Waals surface area (Å²) < 4.78 is 6.27. The van der Waals surface area contributed by atoms with Crippen molar-refractivity contribution in [2.45, 2.75) is 6.54 Å². The van der Waals surface area contributed by atoms with Gasteiger partial charge in [-0.1, -0.05) is 78.9 Å². The molecule has 0 aliphatic heterocycles. The molecule has 0 bridgehead atoms. The van der Waals surface area contributed by atoms with Crippen molar-refractivity contribution in [3.63, 3.8) is 0 Å². The molecule has 0 amide bonds. The van der Waals surface area contributed by atoms with Gasteiger partial charge in [0.25, 0.3) is 0 Å². The molecular formula is C33H23NO. The van der Waals surface area contributed by atoms with E-state index in [1.165, 1.54) is 32.7 Å². The second-order valence-corrected chi connectivity index (χ2v) is 9.15. The van der Waals surface area contributed by atoms with Gasteiger partial charge >= 0.3 is 0 Å². The van der Waals surface area contributed by atoms with Gasteiger partial charge in [0, 0.05) is 17.3 Å². The molecule has 1 heterocycles. The third kappa shape index (κ3) is 3.30. The summed E-state index contributed by atoms with van der Waals surface area (Å²) in [6, 6.07) is 40.9.